The molecule has 0 bridgehead atoms. The van der Waals surface area contributed by atoms with Crippen LogP contribution in [0.15, 0.2) is 24.3 Å². The number of benzene rings is 1. The minimum Gasteiger partial charge on any atom is -0.508 e. The highest BCUT2D eigenvalue weighted by Gasteiger charge is 2.30. The van der Waals surface area contributed by atoms with Crippen LogP contribution in [0.25, 0.3) is 0 Å². The fourth-order valence-electron chi connectivity index (χ4n) is 1.63. The molecule has 5 nitrogen and oxygen atoms in total. The molecule has 1 rings (SSSR count). The summed E-state index contributed by atoms with van der Waals surface area (Å²) >= 11 is 0. The number of aromatic hydroxyl groups is 1. The van der Waals surface area contributed by atoms with Crippen LogP contribution in [0.3, 0.4) is 0 Å². The number of alkyl carbamates (subject to hydrolysis) is 1. The zero-order valence-electron chi connectivity index (χ0n) is 13.0. The van der Waals surface area contributed by atoms with Gasteiger partial charge in [-0.2, -0.15) is 0 Å². The highest BCUT2D eigenvalue weighted by atomic mass is 19.3. The number of alkyl halides is 2. The second-order valence-corrected chi connectivity index (χ2v) is 5.98. The van der Waals surface area contributed by atoms with Crippen molar-refractivity contribution in [3.8, 4) is 5.75 Å². The Morgan fingerprint density at radius 3 is 2.55 bits per heavy atom. The smallest absolute Gasteiger partial charge is 0.407 e. The standard InChI is InChI=1S/C15H22F2N2O3/c1-14(2,3)22-13(21)19-10-15(16,17)9-18-8-11-5-4-6-12(20)7-11/h4-7,18,20H,8-10H2,1-3H3,(H,19,21). The summed E-state index contributed by atoms with van der Waals surface area (Å²) in [5.74, 6) is -3.02. The first-order valence-electron chi connectivity index (χ1n) is 6.91. The van der Waals surface area contributed by atoms with E-state index in [-0.39, 0.29) is 12.3 Å². The molecule has 1 amide bonds. The molecule has 0 saturated heterocycles. The van der Waals surface area contributed by atoms with E-state index in [1.54, 1.807) is 32.9 Å². The highest BCUT2D eigenvalue weighted by molar-refractivity contribution is 5.67. The quantitative estimate of drug-likeness (QED) is 0.754. The number of phenols is 1. The van der Waals surface area contributed by atoms with Crippen molar-refractivity contribution in [1.29, 1.82) is 0 Å². The number of hydrogen-bond donors (Lipinski definition) is 3. The Morgan fingerprint density at radius 1 is 1.27 bits per heavy atom. The number of halogens is 2. The largest absolute Gasteiger partial charge is 0.508 e. The van der Waals surface area contributed by atoms with Crippen molar-refractivity contribution in [2.24, 2.45) is 0 Å². The number of carbonyl (C=O) groups is 1. The van der Waals surface area contributed by atoms with Crippen LogP contribution in [-0.2, 0) is 11.3 Å². The van der Waals surface area contributed by atoms with E-state index in [4.69, 9.17) is 4.74 Å². The maximum absolute atomic E-state index is 13.6. The second kappa shape index (κ2) is 7.40. The Hall–Kier alpha value is -1.89. The van der Waals surface area contributed by atoms with Gasteiger partial charge in [-0.3, -0.25) is 0 Å². The van der Waals surface area contributed by atoms with Crippen molar-refractivity contribution in [2.45, 2.75) is 38.8 Å². The number of amides is 1. The van der Waals surface area contributed by atoms with Gasteiger partial charge in [-0.25, -0.2) is 13.6 Å². The third-order valence-corrected chi connectivity index (χ3v) is 2.51. The molecule has 0 spiro atoms. The van der Waals surface area contributed by atoms with Gasteiger partial charge in [0.05, 0.1) is 13.1 Å². The lowest BCUT2D eigenvalue weighted by Crippen LogP contribution is -2.44. The molecule has 0 aliphatic rings. The fraction of sp³-hybridized carbons (Fsp3) is 0.533. The van der Waals surface area contributed by atoms with Gasteiger partial charge in [0, 0.05) is 6.54 Å². The molecule has 1 aromatic carbocycles. The molecular formula is C15H22F2N2O3. The molecule has 0 aliphatic carbocycles. The highest BCUT2D eigenvalue weighted by Crippen LogP contribution is 2.13. The molecule has 0 aliphatic heterocycles. The molecule has 0 atom stereocenters. The number of nitrogens with one attached hydrogen (secondary N) is 2. The van der Waals surface area contributed by atoms with Crippen LogP contribution in [0, 0.1) is 0 Å². The summed E-state index contributed by atoms with van der Waals surface area (Å²) in [6.07, 6.45) is -0.875. The minimum atomic E-state index is -3.10. The Bertz CT molecular complexity index is 502. The summed E-state index contributed by atoms with van der Waals surface area (Å²) in [5.41, 5.74) is -0.0386. The van der Waals surface area contributed by atoms with Gasteiger partial charge in [0.25, 0.3) is 5.92 Å². The van der Waals surface area contributed by atoms with Crippen LogP contribution in [0.5, 0.6) is 5.75 Å². The first-order chi connectivity index (χ1) is 10.1. The van der Waals surface area contributed by atoms with Crippen LogP contribution in [0.1, 0.15) is 26.3 Å². The summed E-state index contributed by atoms with van der Waals surface area (Å²) in [5, 5.41) is 13.9. The Balaban J connectivity index is 2.33. The van der Waals surface area contributed by atoms with Crippen molar-refractivity contribution in [3.63, 3.8) is 0 Å². The normalized spacial score (nSPS) is 12.0. The van der Waals surface area contributed by atoms with E-state index >= 15 is 0 Å². The van der Waals surface area contributed by atoms with Gasteiger partial charge in [0.15, 0.2) is 0 Å². The van der Waals surface area contributed by atoms with Gasteiger partial charge >= 0.3 is 6.09 Å². The maximum atomic E-state index is 13.6. The van der Waals surface area contributed by atoms with Gasteiger partial charge < -0.3 is 20.5 Å². The number of carbonyl (C=O) groups excluding carboxylic acids is 1. The molecule has 22 heavy (non-hydrogen) atoms. The molecule has 0 unspecified atom stereocenters. The predicted molar refractivity (Wildman–Crippen MR) is 79.0 cm³/mol. The molecule has 0 heterocycles. The zero-order chi connectivity index (χ0) is 16.8. The van der Waals surface area contributed by atoms with E-state index in [0.717, 1.165) is 0 Å². The van der Waals surface area contributed by atoms with Crippen molar-refractivity contribution in [2.75, 3.05) is 13.1 Å². The summed E-state index contributed by atoms with van der Waals surface area (Å²) in [7, 11) is 0. The average Bonchev–Trinajstić information content (AvgIpc) is 2.34. The second-order valence-electron chi connectivity index (χ2n) is 5.98. The minimum absolute atomic E-state index is 0.0812. The first kappa shape index (κ1) is 18.2. The van der Waals surface area contributed by atoms with Crippen LogP contribution >= 0.6 is 0 Å². The van der Waals surface area contributed by atoms with Crippen molar-refractivity contribution >= 4 is 6.09 Å². The lowest BCUT2D eigenvalue weighted by molar-refractivity contribution is -0.00376. The summed E-state index contributed by atoms with van der Waals surface area (Å²) in [6, 6.07) is 6.34. The monoisotopic (exact) mass is 316 g/mol. The Morgan fingerprint density at radius 2 is 1.95 bits per heavy atom. The molecule has 0 saturated carbocycles. The van der Waals surface area contributed by atoms with E-state index in [0.29, 0.717) is 5.56 Å². The fourth-order valence-corrected chi connectivity index (χ4v) is 1.63. The van der Waals surface area contributed by atoms with Crippen LogP contribution in [0.2, 0.25) is 0 Å². The van der Waals surface area contributed by atoms with Crippen LogP contribution in [0.4, 0.5) is 13.6 Å². The number of ether oxygens (including phenoxy) is 1. The Labute approximate surface area is 128 Å². The molecule has 7 heteroatoms. The van der Waals surface area contributed by atoms with Gasteiger partial charge in [0.1, 0.15) is 11.4 Å². The predicted octanol–water partition coefficient (Wildman–Crippen LogP) is 2.64. The first-order valence-corrected chi connectivity index (χ1v) is 6.91. The Kier molecular flexibility index (Phi) is 6.11. The summed E-state index contributed by atoms with van der Waals surface area (Å²) < 4.78 is 32.1. The number of phenolic OH excluding ortho intramolecular Hbond substituents is 1. The van der Waals surface area contributed by atoms with E-state index in [1.165, 1.54) is 12.1 Å². The van der Waals surface area contributed by atoms with Crippen LogP contribution < -0.4 is 10.6 Å². The number of hydrogen-bond acceptors (Lipinski definition) is 4. The molecular weight excluding hydrogens is 294 g/mol. The van der Waals surface area contributed by atoms with E-state index in [2.05, 4.69) is 5.32 Å². The molecule has 124 valence electrons. The van der Waals surface area contributed by atoms with Gasteiger partial charge in [-0.1, -0.05) is 12.1 Å². The van der Waals surface area contributed by atoms with Gasteiger partial charge in [-0.15, -0.1) is 0 Å². The van der Waals surface area contributed by atoms with E-state index in [9.17, 15) is 18.7 Å². The molecule has 3 N–H and O–H groups in total. The molecule has 0 aromatic heterocycles. The topological polar surface area (TPSA) is 70.6 Å². The SMILES string of the molecule is CC(C)(C)OC(=O)NCC(F)(F)CNCc1cccc(O)c1. The lowest BCUT2D eigenvalue weighted by atomic mass is 10.2. The average molecular weight is 316 g/mol. The van der Waals surface area contributed by atoms with E-state index in [1.807, 2.05) is 5.32 Å². The summed E-state index contributed by atoms with van der Waals surface area (Å²) in [4.78, 5) is 11.3. The zero-order valence-corrected chi connectivity index (χ0v) is 13.0. The van der Waals surface area contributed by atoms with Crippen LogP contribution in [-0.4, -0.2) is 35.8 Å². The van der Waals surface area contributed by atoms with Crippen molar-refractivity contribution in [1.82, 2.24) is 10.6 Å². The summed E-state index contributed by atoms with van der Waals surface area (Å²) in [6.45, 7) is 3.74. The van der Waals surface area contributed by atoms with Gasteiger partial charge in [-0.05, 0) is 38.5 Å². The third kappa shape index (κ3) is 7.78. The molecule has 0 radical (unpaired) electrons. The molecule has 0 fully saturated rings. The maximum Gasteiger partial charge on any atom is 0.407 e. The van der Waals surface area contributed by atoms with Gasteiger partial charge in [0.2, 0.25) is 0 Å². The lowest BCUT2D eigenvalue weighted by Gasteiger charge is -2.22. The number of rotatable bonds is 6. The van der Waals surface area contributed by atoms with E-state index < -0.39 is 30.7 Å². The van der Waals surface area contributed by atoms with Crippen molar-refractivity contribution < 1.29 is 23.4 Å². The third-order valence-electron chi connectivity index (χ3n) is 2.51. The van der Waals surface area contributed by atoms with Crippen molar-refractivity contribution in [3.05, 3.63) is 29.8 Å². The molecule has 1 aromatic rings.